The summed E-state index contributed by atoms with van der Waals surface area (Å²) in [6.07, 6.45) is 0.0228. The number of hydrogen-bond acceptors (Lipinski definition) is 6. The van der Waals surface area contributed by atoms with Crippen LogP contribution in [0.15, 0.2) is 59.1 Å². The fourth-order valence-electron chi connectivity index (χ4n) is 4.27. The molecule has 1 saturated carbocycles. The maximum Gasteiger partial charge on any atom is 0.410 e. The highest BCUT2D eigenvalue weighted by molar-refractivity contribution is 9.10. The van der Waals surface area contributed by atoms with Gasteiger partial charge >= 0.3 is 12.1 Å². The molecule has 206 valence electrons. The molecule has 8 nitrogen and oxygen atoms in total. The van der Waals surface area contributed by atoms with Crippen LogP contribution in [0, 0.1) is 0 Å². The highest BCUT2D eigenvalue weighted by atomic mass is 79.9. The van der Waals surface area contributed by atoms with Gasteiger partial charge in [-0.05, 0) is 63.9 Å². The third-order valence-corrected chi connectivity index (χ3v) is 6.50. The molecule has 38 heavy (non-hydrogen) atoms. The molecule has 2 aromatic carbocycles. The van der Waals surface area contributed by atoms with Gasteiger partial charge in [-0.1, -0.05) is 46.3 Å². The Bertz CT molecular complexity index is 1070. The summed E-state index contributed by atoms with van der Waals surface area (Å²) in [4.78, 5) is 40.5. The average molecular weight is 590 g/mol. The van der Waals surface area contributed by atoms with E-state index in [4.69, 9.17) is 14.2 Å². The van der Waals surface area contributed by atoms with Gasteiger partial charge in [0, 0.05) is 22.9 Å². The van der Waals surface area contributed by atoms with E-state index in [9.17, 15) is 14.4 Å². The number of halogens is 1. The molecule has 0 spiro atoms. The lowest BCUT2D eigenvalue weighted by Gasteiger charge is -2.33. The number of esters is 1. The van der Waals surface area contributed by atoms with E-state index in [0.29, 0.717) is 5.75 Å². The minimum Gasteiger partial charge on any atom is -0.492 e. The summed E-state index contributed by atoms with van der Waals surface area (Å²) in [5.41, 5.74) is 0.378. The van der Waals surface area contributed by atoms with Crippen LogP contribution in [0.3, 0.4) is 0 Å². The van der Waals surface area contributed by atoms with Crippen molar-refractivity contribution in [2.75, 3.05) is 19.8 Å². The lowest BCUT2D eigenvalue weighted by Crippen LogP contribution is -2.48. The van der Waals surface area contributed by atoms with Gasteiger partial charge in [0.2, 0.25) is 5.91 Å². The minimum absolute atomic E-state index is 0.0612. The van der Waals surface area contributed by atoms with Crippen molar-refractivity contribution < 1.29 is 28.6 Å². The van der Waals surface area contributed by atoms with Crippen LogP contribution >= 0.6 is 15.9 Å². The summed E-state index contributed by atoms with van der Waals surface area (Å²) < 4.78 is 17.5. The molecule has 1 N–H and O–H groups in total. The van der Waals surface area contributed by atoms with Crippen LogP contribution in [0.1, 0.15) is 58.4 Å². The molecule has 2 aromatic rings. The van der Waals surface area contributed by atoms with Gasteiger partial charge in [0.25, 0.3) is 0 Å². The maximum atomic E-state index is 13.4. The SMILES string of the molecule is CCOC(=O)CC(CC(=O)NCCOc1ccc(Br)cc1)N(C(=O)OC(C)(C)C)[C@@H]1C[C@H]1c1ccccc1. The van der Waals surface area contributed by atoms with Crippen LogP contribution < -0.4 is 10.1 Å². The van der Waals surface area contributed by atoms with Crippen molar-refractivity contribution in [1.82, 2.24) is 10.2 Å². The highest BCUT2D eigenvalue weighted by Gasteiger charge is 2.49. The number of rotatable bonds is 12. The van der Waals surface area contributed by atoms with Crippen molar-refractivity contribution in [1.29, 1.82) is 0 Å². The Kier molecular flexibility index (Phi) is 10.6. The van der Waals surface area contributed by atoms with E-state index in [-0.39, 0.29) is 50.5 Å². The van der Waals surface area contributed by atoms with E-state index < -0.39 is 23.7 Å². The van der Waals surface area contributed by atoms with Gasteiger partial charge in [0.15, 0.2) is 0 Å². The van der Waals surface area contributed by atoms with Crippen molar-refractivity contribution in [3.8, 4) is 5.75 Å². The van der Waals surface area contributed by atoms with Crippen molar-refractivity contribution >= 4 is 33.9 Å². The van der Waals surface area contributed by atoms with Crippen molar-refractivity contribution in [3.05, 3.63) is 64.6 Å². The third-order valence-electron chi connectivity index (χ3n) is 5.97. The van der Waals surface area contributed by atoms with E-state index in [2.05, 4.69) is 21.2 Å². The zero-order valence-electron chi connectivity index (χ0n) is 22.4. The van der Waals surface area contributed by atoms with Gasteiger partial charge in [0.1, 0.15) is 18.0 Å². The molecule has 0 heterocycles. The van der Waals surface area contributed by atoms with E-state index in [1.54, 1.807) is 32.6 Å². The molecule has 0 radical (unpaired) electrons. The maximum absolute atomic E-state index is 13.4. The average Bonchev–Trinajstić information content (AvgIpc) is 3.63. The number of nitrogens with zero attached hydrogens (tertiary/aromatic N) is 1. The van der Waals surface area contributed by atoms with Gasteiger partial charge in [-0.15, -0.1) is 0 Å². The monoisotopic (exact) mass is 588 g/mol. The highest BCUT2D eigenvalue weighted by Crippen LogP contribution is 2.46. The number of amides is 2. The van der Waals surface area contributed by atoms with E-state index in [0.717, 1.165) is 16.5 Å². The summed E-state index contributed by atoms with van der Waals surface area (Å²) >= 11 is 3.38. The Labute approximate surface area is 233 Å². The number of ether oxygens (including phenoxy) is 3. The first kappa shape index (κ1) is 29.5. The first-order valence-corrected chi connectivity index (χ1v) is 13.7. The molecule has 0 aliphatic heterocycles. The first-order valence-electron chi connectivity index (χ1n) is 12.9. The van der Waals surface area contributed by atoms with Gasteiger partial charge in [0.05, 0.1) is 25.6 Å². The van der Waals surface area contributed by atoms with E-state index in [1.807, 2.05) is 54.6 Å². The number of hydrogen-bond donors (Lipinski definition) is 1. The minimum atomic E-state index is -0.729. The van der Waals surface area contributed by atoms with Crippen LogP contribution in [0.5, 0.6) is 5.75 Å². The number of nitrogens with one attached hydrogen (secondary N) is 1. The van der Waals surface area contributed by atoms with Crippen molar-refractivity contribution in [3.63, 3.8) is 0 Å². The van der Waals surface area contributed by atoms with Crippen LogP contribution in [-0.4, -0.2) is 60.3 Å². The lowest BCUT2D eigenvalue weighted by molar-refractivity contribution is -0.144. The molecule has 1 aliphatic rings. The normalized spacial score (nSPS) is 17.2. The quantitative estimate of drug-likeness (QED) is 0.262. The van der Waals surface area contributed by atoms with Gasteiger partial charge in [-0.3, -0.25) is 9.59 Å². The summed E-state index contributed by atoms with van der Waals surface area (Å²) in [6, 6.07) is 16.4. The predicted octanol–water partition coefficient (Wildman–Crippen LogP) is 5.45. The second-order valence-corrected chi connectivity index (χ2v) is 11.1. The van der Waals surface area contributed by atoms with Gasteiger partial charge in [-0.25, -0.2) is 4.79 Å². The molecule has 0 saturated heterocycles. The molecule has 3 atom stereocenters. The van der Waals surface area contributed by atoms with Crippen LogP contribution in [0.25, 0.3) is 0 Å². The van der Waals surface area contributed by atoms with Gasteiger partial charge in [-0.2, -0.15) is 0 Å². The van der Waals surface area contributed by atoms with Crippen molar-refractivity contribution in [2.24, 2.45) is 0 Å². The molecule has 1 aliphatic carbocycles. The molecular formula is C29H37BrN2O6. The third kappa shape index (κ3) is 9.35. The Hall–Kier alpha value is -3.07. The summed E-state index contributed by atoms with van der Waals surface area (Å²) in [7, 11) is 0. The van der Waals surface area contributed by atoms with Crippen LogP contribution in [0.2, 0.25) is 0 Å². The Balaban J connectivity index is 1.70. The molecule has 0 aromatic heterocycles. The summed E-state index contributed by atoms with van der Waals surface area (Å²) in [5, 5.41) is 2.84. The molecule has 3 rings (SSSR count). The summed E-state index contributed by atoms with van der Waals surface area (Å²) in [5.74, 6) is 0.0497. The molecule has 9 heteroatoms. The second-order valence-electron chi connectivity index (χ2n) is 10.2. The molecular weight excluding hydrogens is 552 g/mol. The Morgan fingerprint density at radius 3 is 2.37 bits per heavy atom. The number of carbonyl (C=O) groups is 3. The largest absolute Gasteiger partial charge is 0.492 e. The zero-order valence-corrected chi connectivity index (χ0v) is 24.0. The topological polar surface area (TPSA) is 94.2 Å². The van der Waals surface area contributed by atoms with Crippen LogP contribution in [0.4, 0.5) is 4.79 Å². The number of carbonyl (C=O) groups excluding carboxylic acids is 3. The zero-order chi connectivity index (χ0) is 27.7. The fraction of sp³-hybridized carbons (Fsp3) is 0.483. The fourth-order valence-corrected chi connectivity index (χ4v) is 4.54. The molecule has 2 amide bonds. The van der Waals surface area contributed by atoms with E-state index >= 15 is 0 Å². The standard InChI is InChI=1S/C29H37BrN2O6/c1-5-36-27(34)18-22(17-26(33)31-15-16-37-23-13-11-21(30)12-14-23)32(28(35)38-29(2,3)4)25-19-24(25)20-9-7-6-8-10-20/h6-14,22,24-25H,5,15-19H2,1-4H3,(H,31,33)/t22?,24-,25+/m0/s1. The lowest BCUT2D eigenvalue weighted by atomic mass is 10.1. The smallest absolute Gasteiger partial charge is 0.410 e. The second kappa shape index (κ2) is 13.6. The van der Waals surface area contributed by atoms with E-state index in [1.165, 1.54) is 0 Å². The Morgan fingerprint density at radius 1 is 1.05 bits per heavy atom. The van der Waals surface area contributed by atoms with Crippen molar-refractivity contribution in [2.45, 2.75) is 70.6 Å². The number of benzene rings is 2. The summed E-state index contributed by atoms with van der Waals surface area (Å²) in [6.45, 7) is 7.89. The molecule has 0 bridgehead atoms. The molecule has 1 fully saturated rings. The predicted molar refractivity (Wildman–Crippen MR) is 148 cm³/mol. The first-order chi connectivity index (χ1) is 18.1. The Morgan fingerprint density at radius 2 is 1.74 bits per heavy atom. The van der Waals surface area contributed by atoms with Gasteiger partial charge < -0.3 is 24.4 Å². The van der Waals surface area contributed by atoms with Crippen LogP contribution in [-0.2, 0) is 19.1 Å². The molecule has 1 unspecified atom stereocenters.